The molecule has 2 rings (SSSR count). The molecule has 1 N–H and O–H groups in total. The molecule has 0 heterocycles. The number of halogens is 3. The number of rotatable bonds is 1. The average Bonchev–Trinajstić information content (AvgIpc) is 2.20. The normalized spacial score (nSPS) is 10.4. The maximum absolute atomic E-state index is 13.1. The molecule has 0 aromatic heterocycles. The van der Waals surface area contributed by atoms with E-state index in [-0.39, 0.29) is 16.3 Å². The van der Waals surface area contributed by atoms with E-state index in [9.17, 15) is 13.9 Å². The minimum atomic E-state index is -0.536. The lowest BCUT2D eigenvalue weighted by Gasteiger charge is -2.05. The van der Waals surface area contributed by atoms with Crippen molar-refractivity contribution >= 4 is 11.6 Å². The van der Waals surface area contributed by atoms with Gasteiger partial charge in [-0.15, -0.1) is 0 Å². The molecular weight excluding hydrogens is 234 g/mol. The third-order valence-corrected chi connectivity index (χ3v) is 2.35. The SMILES string of the molecule is Oc1ccc(F)cc1-c1cc(F)cc(Cl)c1. The zero-order valence-electron chi connectivity index (χ0n) is 8.05. The zero-order valence-corrected chi connectivity index (χ0v) is 8.80. The molecule has 16 heavy (non-hydrogen) atoms. The highest BCUT2D eigenvalue weighted by atomic mass is 35.5. The number of aromatic hydroxyl groups is 1. The standard InChI is InChI=1S/C12H7ClF2O/c13-8-3-7(4-10(15)5-8)11-6-9(14)1-2-12(11)16/h1-6,16H. The van der Waals surface area contributed by atoms with Crippen LogP contribution in [0.4, 0.5) is 8.78 Å². The lowest BCUT2D eigenvalue weighted by molar-refractivity contribution is 0.475. The summed E-state index contributed by atoms with van der Waals surface area (Å²) in [7, 11) is 0. The Kier molecular flexibility index (Phi) is 2.79. The highest BCUT2D eigenvalue weighted by molar-refractivity contribution is 6.30. The van der Waals surface area contributed by atoms with Crippen LogP contribution in [0.2, 0.25) is 5.02 Å². The predicted molar refractivity (Wildman–Crippen MR) is 58.5 cm³/mol. The third kappa shape index (κ3) is 2.14. The molecule has 1 nitrogen and oxygen atoms in total. The van der Waals surface area contributed by atoms with Crippen LogP contribution in [-0.2, 0) is 0 Å². The van der Waals surface area contributed by atoms with Crippen LogP contribution in [0.1, 0.15) is 0 Å². The number of benzene rings is 2. The second-order valence-electron chi connectivity index (χ2n) is 3.32. The Balaban J connectivity index is 2.62. The van der Waals surface area contributed by atoms with E-state index in [1.54, 1.807) is 0 Å². The van der Waals surface area contributed by atoms with Crippen LogP contribution < -0.4 is 0 Å². The number of phenolic OH excluding ortho intramolecular Hbond substituents is 1. The van der Waals surface area contributed by atoms with Gasteiger partial charge in [0.25, 0.3) is 0 Å². The summed E-state index contributed by atoms with van der Waals surface area (Å²) in [5.41, 5.74) is 0.545. The van der Waals surface area contributed by atoms with Crippen molar-refractivity contribution in [2.75, 3.05) is 0 Å². The summed E-state index contributed by atoms with van der Waals surface area (Å²) in [6.07, 6.45) is 0. The fraction of sp³-hybridized carbons (Fsp3) is 0. The molecule has 82 valence electrons. The summed E-state index contributed by atoms with van der Waals surface area (Å²) < 4.78 is 26.1. The maximum atomic E-state index is 13.1. The Morgan fingerprint density at radius 1 is 0.938 bits per heavy atom. The highest BCUT2D eigenvalue weighted by Crippen LogP contribution is 2.31. The molecule has 2 aromatic carbocycles. The summed E-state index contributed by atoms with van der Waals surface area (Å²) >= 11 is 5.68. The van der Waals surface area contributed by atoms with Gasteiger partial charge in [-0.05, 0) is 42.0 Å². The quantitative estimate of drug-likeness (QED) is 0.799. The summed E-state index contributed by atoms with van der Waals surface area (Å²) in [5, 5.41) is 9.73. The van der Waals surface area contributed by atoms with Gasteiger partial charge in [0.1, 0.15) is 17.4 Å². The van der Waals surface area contributed by atoms with Crippen molar-refractivity contribution in [2.24, 2.45) is 0 Å². The first kappa shape index (κ1) is 10.9. The van der Waals surface area contributed by atoms with E-state index >= 15 is 0 Å². The molecule has 0 unspecified atom stereocenters. The molecule has 4 heteroatoms. The number of hydrogen-bond acceptors (Lipinski definition) is 1. The van der Waals surface area contributed by atoms with Crippen molar-refractivity contribution in [1.82, 2.24) is 0 Å². The second kappa shape index (κ2) is 4.10. The van der Waals surface area contributed by atoms with E-state index in [1.807, 2.05) is 0 Å². The molecule has 0 saturated carbocycles. The third-order valence-electron chi connectivity index (χ3n) is 2.13. The van der Waals surface area contributed by atoms with Crippen molar-refractivity contribution in [3.8, 4) is 16.9 Å². The molecule has 0 spiro atoms. The molecule has 0 fully saturated rings. The van der Waals surface area contributed by atoms with Gasteiger partial charge in [0.05, 0.1) is 0 Å². The van der Waals surface area contributed by atoms with Gasteiger partial charge >= 0.3 is 0 Å². The van der Waals surface area contributed by atoms with Gasteiger partial charge in [-0.3, -0.25) is 0 Å². The Hall–Kier alpha value is -1.61. The summed E-state index contributed by atoms with van der Waals surface area (Å²) in [5.74, 6) is -1.16. The van der Waals surface area contributed by atoms with Crippen LogP contribution in [0, 0.1) is 11.6 Å². The van der Waals surface area contributed by atoms with Crippen LogP contribution in [0.25, 0.3) is 11.1 Å². The Bertz CT molecular complexity index is 520. The monoisotopic (exact) mass is 240 g/mol. The van der Waals surface area contributed by atoms with E-state index in [0.29, 0.717) is 5.56 Å². The lowest BCUT2D eigenvalue weighted by atomic mass is 10.0. The molecule has 0 aliphatic carbocycles. The van der Waals surface area contributed by atoms with Gasteiger partial charge in [-0.25, -0.2) is 8.78 Å². The van der Waals surface area contributed by atoms with Gasteiger partial charge in [0.2, 0.25) is 0 Å². The molecule has 0 aliphatic rings. The smallest absolute Gasteiger partial charge is 0.125 e. The van der Waals surface area contributed by atoms with E-state index in [1.165, 1.54) is 18.2 Å². The maximum Gasteiger partial charge on any atom is 0.125 e. The first-order valence-corrected chi connectivity index (χ1v) is 4.89. The van der Waals surface area contributed by atoms with E-state index < -0.39 is 11.6 Å². The molecular formula is C12H7ClF2O. The summed E-state index contributed by atoms with van der Waals surface area (Å²) in [4.78, 5) is 0. The van der Waals surface area contributed by atoms with E-state index in [0.717, 1.165) is 18.2 Å². The van der Waals surface area contributed by atoms with Crippen LogP contribution in [-0.4, -0.2) is 5.11 Å². The van der Waals surface area contributed by atoms with E-state index in [4.69, 9.17) is 11.6 Å². The van der Waals surface area contributed by atoms with Crippen molar-refractivity contribution in [1.29, 1.82) is 0 Å². The molecule has 0 aliphatic heterocycles. The topological polar surface area (TPSA) is 20.2 Å². The molecule has 2 aromatic rings. The van der Waals surface area contributed by atoms with Crippen molar-refractivity contribution in [2.45, 2.75) is 0 Å². The highest BCUT2D eigenvalue weighted by Gasteiger charge is 2.08. The largest absolute Gasteiger partial charge is 0.507 e. The molecule has 0 atom stereocenters. The minimum absolute atomic E-state index is 0.122. The molecule has 0 bridgehead atoms. The molecule has 0 saturated heterocycles. The number of phenols is 1. The van der Waals surface area contributed by atoms with Crippen molar-refractivity contribution < 1.29 is 13.9 Å². The predicted octanol–water partition coefficient (Wildman–Crippen LogP) is 3.99. The van der Waals surface area contributed by atoms with Crippen LogP contribution in [0.3, 0.4) is 0 Å². The zero-order chi connectivity index (χ0) is 11.7. The fourth-order valence-electron chi connectivity index (χ4n) is 1.45. The first-order chi connectivity index (χ1) is 7.56. The Labute approximate surface area is 95.9 Å². The van der Waals surface area contributed by atoms with Gasteiger partial charge in [0.15, 0.2) is 0 Å². The first-order valence-electron chi connectivity index (χ1n) is 4.51. The minimum Gasteiger partial charge on any atom is -0.507 e. The number of hydrogen-bond donors (Lipinski definition) is 1. The molecule has 0 radical (unpaired) electrons. The fourth-order valence-corrected chi connectivity index (χ4v) is 1.67. The summed E-state index contributed by atoms with van der Waals surface area (Å²) in [6, 6.07) is 7.24. The molecule has 0 amide bonds. The summed E-state index contributed by atoms with van der Waals surface area (Å²) in [6.45, 7) is 0. The Morgan fingerprint density at radius 3 is 2.38 bits per heavy atom. The van der Waals surface area contributed by atoms with Gasteiger partial charge in [-0.2, -0.15) is 0 Å². The average molecular weight is 241 g/mol. The Morgan fingerprint density at radius 2 is 1.69 bits per heavy atom. The van der Waals surface area contributed by atoms with Crippen LogP contribution in [0.15, 0.2) is 36.4 Å². The van der Waals surface area contributed by atoms with Gasteiger partial charge in [-0.1, -0.05) is 11.6 Å². The van der Waals surface area contributed by atoms with Crippen LogP contribution in [0.5, 0.6) is 5.75 Å². The van der Waals surface area contributed by atoms with Gasteiger partial charge < -0.3 is 5.11 Å². The second-order valence-corrected chi connectivity index (χ2v) is 3.76. The van der Waals surface area contributed by atoms with Crippen molar-refractivity contribution in [3.63, 3.8) is 0 Å². The van der Waals surface area contributed by atoms with Gasteiger partial charge in [0, 0.05) is 10.6 Å². The lowest BCUT2D eigenvalue weighted by Crippen LogP contribution is -1.84. The van der Waals surface area contributed by atoms with Crippen molar-refractivity contribution in [3.05, 3.63) is 53.1 Å². The van der Waals surface area contributed by atoms with E-state index in [2.05, 4.69) is 0 Å². The van der Waals surface area contributed by atoms with Crippen LogP contribution >= 0.6 is 11.6 Å².